The van der Waals surface area contributed by atoms with E-state index in [-0.39, 0.29) is 5.69 Å². The lowest BCUT2D eigenvalue weighted by molar-refractivity contribution is -0.123. The van der Waals surface area contributed by atoms with E-state index < -0.39 is 23.0 Å². The van der Waals surface area contributed by atoms with Crippen LogP contribution in [0.15, 0.2) is 18.2 Å². The fourth-order valence-electron chi connectivity index (χ4n) is 2.60. The van der Waals surface area contributed by atoms with Crippen molar-refractivity contribution in [2.24, 2.45) is 5.41 Å². The summed E-state index contributed by atoms with van der Waals surface area (Å²) in [5, 5.41) is 11.8. The van der Waals surface area contributed by atoms with Crippen LogP contribution in [0.2, 0.25) is 0 Å². The van der Waals surface area contributed by atoms with Crippen molar-refractivity contribution in [3.8, 4) is 6.07 Å². The van der Waals surface area contributed by atoms with E-state index in [1.54, 1.807) is 0 Å². The molecule has 1 aromatic rings. The number of benzene rings is 1. The summed E-state index contributed by atoms with van der Waals surface area (Å²) in [6.07, 6.45) is 4.63. The van der Waals surface area contributed by atoms with Gasteiger partial charge >= 0.3 is 0 Å². The molecule has 0 spiro atoms. The Labute approximate surface area is 116 Å². The number of carbonyl (C=O) groups excluding carboxylic acids is 1. The van der Waals surface area contributed by atoms with Crippen LogP contribution in [0.1, 0.15) is 38.5 Å². The minimum atomic E-state index is -1.08. The van der Waals surface area contributed by atoms with E-state index in [1.807, 2.05) is 0 Å². The van der Waals surface area contributed by atoms with Crippen LogP contribution < -0.4 is 5.32 Å². The lowest BCUT2D eigenvalue weighted by Crippen LogP contribution is -2.34. The van der Waals surface area contributed by atoms with E-state index >= 15 is 0 Å². The fraction of sp³-hybridized carbons (Fsp3) is 0.467. The van der Waals surface area contributed by atoms with E-state index in [4.69, 9.17) is 0 Å². The molecule has 0 heterocycles. The predicted molar refractivity (Wildman–Crippen MR) is 70.7 cm³/mol. The molecule has 106 valence electrons. The van der Waals surface area contributed by atoms with Crippen molar-refractivity contribution in [1.29, 1.82) is 5.26 Å². The minimum absolute atomic E-state index is 0.0476. The molecule has 3 nitrogen and oxygen atoms in total. The van der Waals surface area contributed by atoms with Crippen molar-refractivity contribution in [2.75, 3.05) is 5.32 Å². The summed E-state index contributed by atoms with van der Waals surface area (Å²) in [6.45, 7) is 0. The van der Waals surface area contributed by atoms with Crippen molar-refractivity contribution in [3.63, 3.8) is 0 Å². The van der Waals surface area contributed by atoms with Crippen molar-refractivity contribution in [3.05, 3.63) is 29.8 Å². The molecule has 1 amide bonds. The van der Waals surface area contributed by atoms with Crippen molar-refractivity contribution >= 4 is 11.6 Å². The molecular formula is C15H16F2N2O. The zero-order chi connectivity index (χ0) is 14.6. The van der Waals surface area contributed by atoms with Crippen LogP contribution in [0.25, 0.3) is 0 Å². The Kier molecular flexibility index (Phi) is 4.33. The lowest BCUT2D eigenvalue weighted by Gasteiger charge is -2.23. The molecule has 1 N–H and O–H groups in total. The molecule has 0 atom stereocenters. The molecule has 5 heteroatoms. The zero-order valence-electron chi connectivity index (χ0n) is 11.1. The Morgan fingerprint density at radius 3 is 2.15 bits per heavy atom. The van der Waals surface area contributed by atoms with E-state index in [9.17, 15) is 18.8 Å². The third kappa shape index (κ3) is 3.13. The first-order valence-corrected chi connectivity index (χ1v) is 6.74. The third-order valence-electron chi connectivity index (χ3n) is 3.73. The van der Waals surface area contributed by atoms with E-state index in [2.05, 4.69) is 11.4 Å². The SMILES string of the molecule is N#CC1(C(=O)Nc2cc(F)cc(F)c2)CCCCCC1. The molecule has 0 saturated heterocycles. The summed E-state index contributed by atoms with van der Waals surface area (Å²) in [7, 11) is 0. The topological polar surface area (TPSA) is 52.9 Å². The van der Waals surface area contributed by atoms with Crippen molar-refractivity contribution < 1.29 is 13.6 Å². The Morgan fingerprint density at radius 2 is 1.65 bits per heavy atom. The molecule has 0 unspecified atom stereocenters. The van der Waals surface area contributed by atoms with Gasteiger partial charge in [0.25, 0.3) is 0 Å². The molecule has 1 aromatic carbocycles. The molecule has 0 aromatic heterocycles. The maximum Gasteiger partial charge on any atom is 0.244 e. The van der Waals surface area contributed by atoms with Gasteiger partial charge in [-0.05, 0) is 25.0 Å². The summed E-state index contributed by atoms with van der Waals surface area (Å²) in [4.78, 5) is 12.3. The highest BCUT2D eigenvalue weighted by molar-refractivity contribution is 5.97. The summed E-state index contributed by atoms with van der Waals surface area (Å²) in [5.41, 5.74) is -1.04. The normalized spacial score (nSPS) is 17.9. The average Bonchev–Trinajstić information content (AvgIpc) is 2.63. The van der Waals surface area contributed by atoms with Crippen LogP contribution in [0.3, 0.4) is 0 Å². The Bertz CT molecular complexity index is 523. The van der Waals surface area contributed by atoms with Crippen LogP contribution >= 0.6 is 0 Å². The van der Waals surface area contributed by atoms with Gasteiger partial charge in [-0.2, -0.15) is 5.26 Å². The second-order valence-corrected chi connectivity index (χ2v) is 5.22. The Morgan fingerprint density at radius 1 is 1.10 bits per heavy atom. The number of halogens is 2. The molecule has 1 saturated carbocycles. The summed E-state index contributed by atoms with van der Waals surface area (Å²) >= 11 is 0. The smallest absolute Gasteiger partial charge is 0.244 e. The van der Waals surface area contributed by atoms with E-state index in [1.165, 1.54) is 0 Å². The van der Waals surface area contributed by atoms with Gasteiger partial charge in [0.1, 0.15) is 17.0 Å². The fourth-order valence-corrected chi connectivity index (χ4v) is 2.60. The number of nitrogens with one attached hydrogen (secondary N) is 1. The predicted octanol–water partition coefficient (Wildman–Crippen LogP) is 3.77. The molecule has 0 radical (unpaired) electrons. The monoisotopic (exact) mass is 278 g/mol. The molecule has 1 aliphatic rings. The van der Waals surface area contributed by atoms with Gasteiger partial charge in [-0.15, -0.1) is 0 Å². The largest absolute Gasteiger partial charge is 0.324 e. The number of hydrogen-bond donors (Lipinski definition) is 1. The lowest BCUT2D eigenvalue weighted by atomic mass is 9.81. The molecule has 20 heavy (non-hydrogen) atoms. The molecule has 0 aliphatic heterocycles. The Hall–Kier alpha value is -1.96. The van der Waals surface area contributed by atoms with E-state index in [0.29, 0.717) is 12.8 Å². The molecule has 1 fully saturated rings. The third-order valence-corrected chi connectivity index (χ3v) is 3.73. The zero-order valence-corrected chi connectivity index (χ0v) is 11.1. The molecule has 2 rings (SSSR count). The van der Waals surface area contributed by atoms with E-state index in [0.717, 1.165) is 43.9 Å². The molecule has 1 aliphatic carbocycles. The second kappa shape index (κ2) is 6.00. The minimum Gasteiger partial charge on any atom is -0.324 e. The van der Waals surface area contributed by atoms with Crippen molar-refractivity contribution in [2.45, 2.75) is 38.5 Å². The van der Waals surface area contributed by atoms with Crippen LogP contribution in [-0.4, -0.2) is 5.91 Å². The molecular weight excluding hydrogens is 262 g/mol. The second-order valence-electron chi connectivity index (χ2n) is 5.22. The van der Waals surface area contributed by atoms with Gasteiger partial charge in [0.15, 0.2) is 0 Å². The first kappa shape index (κ1) is 14.4. The van der Waals surface area contributed by atoms with Gasteiger partial charge in [-0.3, -0.25) is 4.79 Å². The van der Waals surface area contributed by atoms with Gasteiger partial charge in [0.2, 0.25) is 5.91 Å². The standard InChI is InChI=1S/C15H16F2N2O/c16-11-7-12(17)9-13(8-11)19-14(20)15(10-18)5-3-1-2-4-6-15/h7-9H,1-6H2,(H,19,20). The highest BCUT2D eigenvalue weighted by Crippen LogP contribution is 2.35. The van der Waals surface area contributed by atoms with Crippen LogP contribution in [-0.2, 0) is 4.79 Å². The van der Waals surface area contributed by atoms with Gasteiger partial charge in [-0.1, -0.05) is 25.7 Å². The number of nitrogens with zero attached hydrogens (tertiary/aromatic N) is 1. The summed E-state index contributed by atoms with van der Waals surface area (Å²) < 4.78 is 26.2. The molecule has 0 bridgehead atoms. The maximum atomic E-state index is 13.1. The summed E-state index contributed by atoms with van der Waals surface area (Å²) in [5.74, 6) is -1.98. The number of rotatable bonds is 2. The summed E-state index contributed by atoms with van der Waals surface area (Å²) in [6, 6.07) is 4.93. The Balaban J connectivity index is 2.19. The van der Waals surface area contributed by atoms with Crippen molar-refractivity contribution in [1.82, 2.24) is 0 Å². The van der Waals surface area contributed by atoms with Crippen LogP contribution in [0.5, 0.6) is 0 Å². The highest BCUT2D eigenvalue weighted by atomic mass is 19.1. The van der Waals surface area contributed by atoms with Gasteiger partial charge in [0.05, 0.1) is 6.07 Å². The number of hydrogen-bond acceptors (Lipinski definition) is 2. The van der Waals surface area contributed by atoms with Gasteiger partial charge in [-0.25, -0.2) is 8.78 Å². The first-order chi connectivity index (χ1) is 9.55. The van der Waals surface area contributed by atoms with Crippen LogP contribution in [0.4, 0.5) is 14.5 Å². The van der Waals surface area contributed by atoms with Crippen LogP contribution in [0, 0.1) is 28.4 Å². The number of amides is 1. The number of anilines is 1. The average molecular weight is 278 g/mol. The number of nitriles is 1. The quantitative estimate of drug-likeness (QED) is 0.837. The van der Waals surface area contributed by atoms with Gasteiger partial charge in [0, 0.05) is 11.8 Å². The maximum absolute atomic E-state index is 13.1. The highest BCUT2D eigenvalue weighted by Gasteiger charge is 2.38. The number of carbonyl (C=O) groups is 1. The van der Waals surface area contributed by atoms with Gasteiger partial charge < -0.3 is 5.32 Å². The first-order valence-electron chi connectivity index (χ1n) is 6.74.